The van der Waals surface area contributed by atoms with E-state index in [-0.39, 0.29) is 11.7 Å². The summed E-state index contributed by atoms with van der Waals surface area (Å²) in [4.78, 5) is 14.5. The molecule has 1 aliphatic rings. The van der Waals surface area contributed by atoms with Crippen molar-refractivity contribution < 1.29 is 4.79 Å². The molecule has 2 heteroatoms. The van der Waals surface area contributed by atoms with Crippen LogP contribution in [0.1, 0.15) is 60.2 Å². The van der Waals surface area contributed by atoms with Crippen molar-refractivity contribution in [3.63, 3.8) is 0 Å². The molecular formula is C24H27NO. The molecule has 2 aromatic carbocycles. The summed E-state index contributed by atoms with van der Waals surface area (Å²) >= 11 is 0. The van der Waals surface area contributed by atoms with Crippen molar-refractivity contribution >= 4 is 5.78 Å². The lowest BCUT2D eigenvalue weighted by molar-refractivity contribution is 0.0939. The Hall–Kier alpha value is -2.37. The van der Waals surface area contributed by atoms with Crippen LogP contribution in [0, 0.1) is 17.8 Å². The normalized spacial score (nSPS) is 14.7. The molecule has 0 spiro atoms. The zero-order valence-corrected chi connectivity index (χ0v) is 15.8. The van der Waals surface area contributed by atoms with Crippen LogP contribution < -0.4 is 0 Å². The predicted molar refractivity (Wildman–Crippen MR) is 107 cm³/mol. The number of hydrogen-bond acceptors (Lipinski definition) is 2. The zero-order valence-electron chi connectivity index (χ0n) is 15.8. The SMILES string of the molecule is CC(C)C(=O)c1ccc(C#Cc2ccc(CN3CCCCC3)cc2)cc1. The monoisotopic (exact) mass is 345 g/mol. The Balaban J connectivity index is 1.61. The van der Waals surface area contributed by atoms with Gasteiger partial charge < -0.3 is 0 Å². The summed E-state index contributed by atoms with van der Waals surface area (Å²) in [5.74, 6) is 6.60. The first kappa shape index (κ1) is 18.4. The second kappa shape index (κ2) is 8.83. The molecular weight excluding hydrogens is 318 g/mol. The summed E-state index contributed by atoms with van der Waals surface area (Å²) in [5.41, 5.74) is 4.07. The molecule has 0 saturated carbocycles. The fourth-order valence-corrected chi connectivity index (χ4v) is 3.26. The molecule has 0 radical (unpaired) electrons. The molecule has 1 aliphatic heterocycles. The van der Waals surface area contributed by atoms with E-state index in [0.717, 1.165) is 23.2 Å². The van der Waals surface area contributed by atoms with Gasteiger partial charge in [-0.2, -0.15) is 0 Å². The zero-order chi connectivity index (χ0) is 18.4. The highest BCUT2D eigenvalue weighted by Crippen LogP contribution is 2.14. The number of rotatable bonds is 4. The standard InChI is InChI=1S/C24H27NO/c1-19(2)24(26)23-14-12-21(13-15-23)7-6-20-8-10-22(11-9-20)18-25-16-4-3-5-17-25/h8-15,19H,3-5,16-18H2,1-2H3. The lowest BCUT2D eigenvalue weighted by atomic mass is 10.00. The minimum Gasteiger partial charge on any atom is -0.299 e. The molecule has 1 heterocycles. The van der Waals surface area contributed by atoms with E-state index < -0.39 is 0 Å². The van der Waals surface area contributed by atoms with E-state index in [1.165, 1.54) is 37.9 Å². The van der Waals surface area contributed by atoms with Crippen LogP contribution in [-0.2, 0) is 6.54 Å². The van der Waals surface area contributed by atoms with Gasteiger partial charge in [0.1, 0.15) is 0 Å². The van der Waals surface area contributed by atoms with Gasteiger partial charge in [0.25, 0.3) is 0 Å². The molecule has 0 N–H and O–H groups in total. The number of Topliss-reactive ketones (excluding diaryl/α,β-unsaturated/α-hetero) is 1. The highest BCUT2D eigenvalue weighted by molar-refractivity contribution is 5.97. The highest BCUT2D eigenvalue weighted by atomic mass is 16.1. The van der Waals surface area contributed by atoms with Gasteiger partial charge in [0.2, 0.25) is 0 Å². The summed E-state index contributed by atoms with van der Waals surface area (Å²) in [7, 11) is 0. The van der Waals surface area contributed by atoms with Gasteiger partial charge in [-0.1, -0.05) is 56.4 Å². The van der Waals surface area contributed by atoms with Crippen molar-refractivity contribution in [3.8, 4) is 11.8 Å². The number of nitrogens with zero attached hydrogens (tertiary/aromatic N) is 1. The molecule has 0 bridgehead atoms. The van der Waals surface area contributed by atoms with Gasteiger partial charge in [-0.3, -0.25) is 9.69 Å². The Morgan fingerprint density at radius 3 is 1.96 bits per heavy atom. The van der Waals surface area contributed by atoms with Crippen LogP contribution in [-0.4, -0.2) is 23.8 Å². The highest BCUT2D eigenvalue weighted by Gasteiger charge is 2.10. The summed E-state index contributed by atoms with van der Waals surface area (Å²) in [6, 6.07) is 16.2. The average molecular weight is 345 g/mol. The van der Waals surface area contributed by atoms with Gasteiger partial charge in [0.15, 0.2) is 5.78 Å². The summed E-state index contributed by atoms with van der Waals surface area (Å²) in [6.07, 6.45) is 4.02. The number of carbonyl (C=O) groups excluding carboxylic acids is 1. The number of ketones is 1. The van der Waals surface area contributed by atoms with Crippen LogP contribution in [0.4, 0.5) is 0 Å². The van der Waals surface area contributed by atoms with Crippen LogP contribution >= 0.6 is 0 Å². The van der Waals surface area contributed by atoms with E-state index in [4.69, 9.17) is 0 Å². The average Bonchev–Trinajstić information content (AvgIpc) is 2.68. The minimum atomic E-state index is 0.0235. The Morgan fingerprint density at radius 2 is 1.42 bits per heavy atom. The molecule has 0 unspecified atom stereocenters. The van der Waals surface area contributed by atoms with E-state index in [1.54, 1.807) is 0 Å². The Morgan fingerprint density at radius 1 is 0.885 bits per heavy atom. The fraction of sp³-hybridized carbons (Fsp3) is 0.375. The molecule has 0 atom stereocenters. The molecule has 2 nitrogen and oxygen atoms in total. The lowest BCUT2D eigenvalue weighted by Gasteiger charge is -2.26. The van der Waals surface area contributed by atoms with Crippen LogP contribution in [0.25, 0.3) is 0 Å². The first-order valence-electron chi connectivity index (χ1n) is 9.59. The van der Waals surface area contributed by atoms with E-state index in [1.807, 2.05) is 38.1 Å². The number of hydrogen-bond donors (Lipinski definition) is 0. The second-order valence-electron chi connectivity index (χ2n) is 7.38. The summed E-state index contributed by atoms with van der Waals surface area (Å²) < 4.78 is 0. The molecule has 1 fully saturated rings. The Bertz CT molecular complexity index is 785. The Labute approximate surface area is 157 Å². The van der Waals surface area contributed by atoms with Gasteiger partial charge in [-0.05, 0) is 55.8 Å². The second-order valence-corrected chi connectivity index (χ2v) is 7.38. The third kappa shape index (κ3) is 5.07. The number of piperidine rings is 1. The molecule has 26 heavy (non-hydrogen) atoms. The van der Waals surface area contributed by atoms with E-state index >= 15 is 0 Å². The first-order chi connectivity index (χ1) is 12.6. The Kier molecular flexibility index (Phi) is 6.26. The molecule has 0 amide bonds. The minimum absolute atomic E-state index is 0.0235. The predicted octanol–water partition coefficient (Wildman–Crippen LogP) is 4.91. The van der Waals surface area contributed by atoms with E-state index in [9.17, 15) is 4.79 Å². The number of likely N-dealkylation sites (tertiary alicyclic amines) is 1. The van der Waals surface area contributed by atoms with Crippen molar-refractivity contribution in [2.45, 2.75) is 39.7 Å². The largest absolute Gasteiger partial charge is 0.299 e. The van der Waals surface area contributed by atoms with Crippen molar-refractivity contribution in [1.29, 1.82) is 0 Å². The van der Waals surface area contributed by atoms with Crippen LogP contribution in [0.3, 0.4) is 0 Å². The van der Waals surface area contributed by atoms with E-state index in [2.05, 4.69) is 41.0 Å². The summed E-state index contributed by atoms with van der Waals surface area (Å²) in [5, 5.41) is 0. The van der Waals surface area contributed by atoms with Gasteiger partial charge in [0, 0.05) is 29.2 Å². The maximum Gasteiger partial charge on any atom is 0.165 e. The lowest BCUT2D eigenvalue weighted by Crippen LogP contribution is -2.29. The third-order valence-electron chi connectivity index (χ3n) is 4.85. The van der Waals surface area contributed by atoms with Crippen molar-refractivity contribution in [3.05, 3.63) is 70.8 Å². The molecule has 1 saturated heterocycles. The van der Waals surface area contributed by atoms with Crippen molar-refractivity contribution in [2.24, 2.45) is 5.92 Å². The fourth-order valence-electron chi connectivity index (χ4n) is 3.26. The van der Waals surface area contributed by atoms with Crippen molar-refractivity contribution in [1.82, 2.24) is 4.90 Å². The van der Waals surface area contributed by atoms with Gasteiger partial charge in [0.05, 0.1) is 0 Å². The molecule has 3 rings (SSSR count). The molecule has 2 aromatic rings. The van der Waals surface area contributed by atoms with E-state index in [0.29, 0.717) is 0 Å². The van der Waals surface area contributed by atoms with Crippen LogP contribution in [0.5, 0.6) is 0 Å². The number of benzene rings is 2. The number of carbonyl (C=O) groups is 1. The maximum absolute atomic E-state index is 12.0. The quantitative estimate of drug-likeness (QED) is 0.579. The molecule has 134 valence electrons. The molecule has 0 aromatic heterocycles. The topological polar surface area (TPSA) is 20.3 Å². The van der Waals surface area contributed by atoms with Gasteiger partial charge in [-0.15, -0.1) is 0 Å². The third-order valence-corrected chi connectivity index (χ3v) is 4.85. The molecule has 0 aliphatic carbocycles. The smallest absolute Gasteiger partial charge is 0.165 e. The van der Waals surface area contributed by atoms with Gasteiger partial charge in [-0.25, -0.2) is 0 Å². The van der Waals surface area contributed by atoms with Crippen LogP contribution in [0.15, 0.2) is 48.5 Å². The first-order valence-corrected chi connectivity index (χ1v) is 9.59. The van der Waals surface area contributed by atoms with Crippen LogP contribution in [0.2, 0.25) is 0 Å². The van der Waals surface area contributed by atoms with Gasteiger partial charge >= 0.3 is 0 Å². The summed E-state index contributed by atoms with van der Waals surface area (Å²) in [6.45, 7) is 7.32. The van der Waals surface area contributed by atoms with Crippen molar-refractivity contribution in [2.75, 3.05) is 13.1 Å². The maximum atomic E-state index is 12.0.